The smallest absolute Gasteiger partial charge is 0.270 e. The maximum Gasteiger partial charge on any atom is 0.270 e. The number of carbonyl (C=O) groups is 1. The predicted octanol–water partition coefficient (Wildman–Crippen LogP) is 2.77. The third-order valence-electron chi connectivity index (χ3n) is 4.40. The first-order chi connectivity index (χ1) is 13.5. The fraction of sp³-hybridized carbons (Fsp3) is 0.100. The average Bonchev–Trinajstić information content (AvgIpc) is 3.04. The zero-order valence-corrected chi connectivity index (χ0v) is 15.5. The van der Waals surface area contributed by atoms with E-state index < -0.39 is 0 Å². The normalized spacial score (nSPS) is 10.8. The van der Waals surface area contributed by atoms with Gasteiger partial charge in [-0.1, -0.05) is 36.4 Å². The summed E-state index contributed by atoms with van der Waals surface area (Å²) in [6.07, 6.45) is 1.37. The van der Waals surface area contributed by atoms with Gasteiger partial charge < -0.3 is 5.73 Å². The molecule has 8 nitrogen and oxygen atoms in total. The van der Waals surface area contributed by atoms with Crippen molar-refractivity contribution in [3.63, 3.8) is 0 Å². The summed E-state index contributed by atoms with van der Waals surface area (Å²) in [5, 5.41) is 6.24. The van der Waals surface area contributed by atoms with Crippen LogP contribution in [-0.4, -0.2) is 25.7 Å². The van der Waals surface area contributed by atoms with Gasteiger partial charge in [0.2, 0.25) is 0 Å². The number of nitrogen functional groups attached to an aromatic ring is 1. The van der Waals surface area contributed by atoms with Gasteiger partial charge in [-0.3, -0.25) is 15.6 Å². The Morgan fingerprint density at radius 3 is 2.64 bits per heavy atom. The van der Waals surface area contributed by atoms with E-state index in [2.05, 4.69) is 25.9 Å². The van der Waals surface area contributed by atoms with Gasteiger partial charge >= 0.3 is 0 Å². The van der Waals surface area contributed by atoms with Crippen molar-refractivity contribution >= 4 is 28.2 Å². The maximum absolute atomic E-state index is 12.7. The molecule has 2 aromatic carbocycles. The van der Waals surface area contributed by atoms with Crippen molar-refractivity contribution in [3.8, 4) is 5.82 Å². The summed E-state index contributed by atoms with van der Waals surface area (Å²) >= 11 is 0. The lowest BCUT2D eigenvalue weighted by molar-refractivity contribution is 0.0964. The minimum atomic E-state index is -0.289. The molecule has 0 saturated carbocycles. The van der Waals surface area contributed by atoms with Crippen molar-refractivity contribution in [1.82, 2.24) is 25.2 Å². The summed E-state index contributed by atoms with van der Waals surface area (Å²) in [4.78, 5) is 21.0. The quantitative estimate of drug-likeness (QED) is 0.474. The van der Waals surface area contributed by atoms with Crippen LogP contribution in [0.25, 0.3) is 16.6 Å². The van der Waals surface area contributed by atoms with E-state index in [0.717, 1.165) is 22.2 Å². The van der Waals surface area contributed by atoms with Crippen LogP contribution in [0.4, 0.5) is 11.5 Å². The second kappa shape index (κ2) is 6.99. The monoisotopic (exact) mass is 373 g/mol. The SMILES string of the molecule is Cc1cc(C)n(-c2ncnc(NNC(=O)c3cccc4ccccc34)c2N)n1. The third kappa shape index (κ3) is 3.11. The summed E-state index contributed by atoms with van der Waals surface area (Å²) in [5.74, 6) is 0.455. The van der Waals surface area contributed by atoms with E-state index in [4.69, 9.17) is 5.73 Å². The first-order valence-corrected chi connectivity index (χ1v) is 8.73. The van der Waals surface area contributed by atoms with E-state index in [-0.39, 0.29) is 11.6 Å². The van der Waals surface area contributed by atoms with Gasteiger partial charge in [0, 0.05) is 11.3 Å². The molecule has 0 saturated heterocycles. The molecule has 0 radical (unpaired) electrons. The number of hydrogen-bond donors (Lipinski definition) is 3. The van der Waals surface area contributed by atoms with Crippen LogP contribution < -0.4 is 16.6 Å². The second-order valence-corrected chi connectivity index (χ2v) is 6.40. The van der Waals surface area contributed by atoms with Crippen molar-refractivity contribution in [1.29, 1.82) is 0 Å². The van der Waals surface area contributed by atoms with Crippen LogP contribution in [0, 0.1) is 13.8 Å². The van der Waals surface area contributed by atoms with Crippen LogP contribution in [0.5, 0.6) is 0 Å². The van der Waals surface area contributed by atoms with Crippen molar-refractivity contribution in [2.75, 3.05) is 11.2 Å². The lowest BCUT2D eigenvalue weighted by atomic mass is 10.0. The van der Waals surface area contributed by atoms with E-state index in [1.165, 1.54) is 6.33 Å². The number of amides is 1. The number of nitrogens with two attached hydrogens (primary N) is 1. The highest BCUT2D eigenvalue weighted by molar-refractivity contribution is 6.07. The Morgan fingerprint density at radius 2 is 1.86 bits per heavy atom. The number of rotatable bonds is 4. The summed E-state index contributed by atoms with van der Waals surface area (Å²) < 4.78 is 1.64. The number of fused-ring (bicyclic) bond motifs is 1. The largest absolute Gasteiger partial charge is 0.393 e. The predicted molar refractivity (Wildman–Crippen MR) is 108 cm³/mol. The molecule has 2 heterocycles. The highest BCUT2D eigenvalue weighted by Crippen LogP contribution is 2.22. The Hall–Kier alpha value is -3.94. The summed E-state index contributed by atoms with van der Waals surface area (Å²) in [6.45, 7) is 3.81. The fourth-order valence-corrected chi connectivity index (χ4v) is 3.10. The number of aromatic nitrogens is 4. The van der Waals surface area contributed by atoms with E-state index in [1.807, 2.05) is 56.3 Å². The molecular weight excluding hydrogens is 354 g/mol. The van der Waals surface area contributed by atoms with Crippen LogP contribution in [0.2, 0.25) is 0 Å². The van der Waals surface area contributed by atoms with Crippen LogP contribution >= 0.6 is 0 Å². The Labute approximate surface area is 161 Å². The molecule has 0 aliphatic rings. The zero-order chi connectivity index (χ0) is 19.7. The lowest BCUT2D eigenvalue weighted by Gasteiger charge is -2.13. The van der Waals surface area contributed by atoms with Crippen LogP contribution in [0.3, 0.4) is 0 Å². The number of benzene rings is 2. The van der Waals surface area contributed by atoms with Gasteiger partial charge in [-0.05, 0) is 36.8 Å². The van der Waals surface area contributed by atoms with Crippen LogP contribution in [0.1, 0.15) is 21.7 Å². The summed E-state index contributed by atoms with van der Waals surface area (Å²) in [5.41, 5.74) is 14.3. The van der Waals surface area contributed by atoms with Gasteiger partial charge in [-0.15, -0.1) is 0 Å². The molecule has 0 spiro atoms. The molecule has 0 atom stereocenters. The number of aryl methyl sites for hydroxylation is 2. The number of anilines is 2. The number of nitrogens with zero attached hydrogens (tertiary/aromatic N) is 4. The number of nitrogens with one attached hydrogen (secondary N) is 2. The van der Waals surface area contributed by atoms with Gasteiger partial charge in [-0.2, -0.15) is 5.10 Å². The van der Waals surface area contributed by atoms with Gasteiger partial charge in [0.05, 0.1) is 5.69 Å². The number of carbonyl (C=O) groups excluding carboxylic acids is 1. The van der Waals surface area contributed by atoms with E-state index >= 15 is 0 Å². The average molecular weight is 373 g/mol. The first kappa shape index (κ1) is 17.5. The Balaban J connectivity index is 1.59. The maximum atomic E-state index is 12.7. The zero-order valence-electron chi connectivity index (χ0n) is 15.5. The highest BCUT2D eigenvalue weighted by Gasteiger charge is 2.15. The molecule has 0 aliphatic carbocycles. The minimum absolute atomic E-state index is 0.284. The van der Waals surface area contributed by atoms with Crippen LogP contribution in [0.15, 0.2) is 54.9 Å². The van der Waals surface area contributed by atoms with Crippen molar-refractivity contribution in [3.05, 3.63) is 71.8 Å². The molecular formula is C20H19N7O. The Bertz CT molecular complexity index is 1180. The molecule has 1 amide bonds. The minimum Gasteiger partial charge on any atom is -0.393 e. The molecule has 4 N–H and O–H groups in total. The van der Waals surface area contributed by atoms with E-state index in [9.17, 15) is 4.79 Å². The topological polar surface area (TPSA) is 111 Å². The first-order valence-electron chi connectivity index (χ1n) is 8.73. The molecule has 2 aromatic heterocycles. The molecule has 0 bridgehead atoms. The van der Waals surface area contributed by atoms with E-state index in [0.29, 0.717) is 17.2 Å². The van der Waals surface area contributed by atoms with Gasteiger partial charge in [0.1, 0.15) is 12.0 Å². The molecule has 4 rings (SSSR count). The molecule has 0 fully saturated rings. The van der Waals surface area contributed by atoms with Gasteiger partial charge in [-0.25, -0.2) is 14.6 Å². The summed E-state index contributed by atoms with van der Waals surface area (Å²) in [6, 6.07) is 15.2. The van der Waals surface area contributed by atoms with Gasteiger partial charge in [0.15, 0.2) is 11.6 Å². The number of hydrogen-bond acceptors (Lipinski definition) is 6. The van der Waals surface area contributed by atoms with Crippen LogP contribution in [-0.2, 0) is 0 Å². The molecule has 0 unspecified atom stereocenters. The molecule has 0 aliphatic heterocycles. The van der Waals surface area contributed by atoms with Crippen molar-refractivity contribution in [2.24, 2.45) is 0 Å². The van der Waals surface area contributed by atoms with Gasteiger partial charge in [0.25, 0.3) is 5.91 Å². The lowest BCUT2D eigenvalue weighted by Crippen LogP contribution is -2.30. The molecule has 28 heavy (non-hydrogen) atoms. The number of hydrazine groups is 1. The van der Waals surface area contributed by atoms with Crippen molar-refractivity contribution < 1.29 is 4.79 Å². The second-order valence-electron chi connectivity index (χ2n) is 6.40. The Morgan fingerprint density at radius 1 is 1.07 bits per heavy atom. The molecule has 4 aromatic rings. The standard InChI is InChI=1S/C20H19N7O/c1-12-10-13(2)27(26-12)19-17(21)18(22-11-23-19)24-25-20(28)16-9-5-7-14-6-3-4-8-15(14)16/h3-11H,21H2,1-2H3,(H,25,28)(H,22,23,24). The third-order valence-corrected chi connectivity index (χ3v) is 4.40. The molecule has 140 valence electrons. The highest BCUT2D eigenvalue weighted by atomic mass is 16.2. The van der Waals surface area contributed by atoms with E-state index in [1.54, 1.807) is 10.7 Å². The summed E-state index contributed by atoms with van der Waals surface area (Å²) in [7, 11) is 0. The Kier molecular flexibility index (Phi) is 4.36. The molecule has 8 heteroatoms. The fourth-order valence-electron chi connectivity index (χ4n) is 3.10. The van der Waals surface area contributed by atoms with Crippen molar-refractivity contribution in [2.45, 2.75) is 13.8 Å².